The molecule has 0 bridgehead atoms. The highest BCUT2D eigenvalue weighted by Gasteiger charge is 2.27. The van der Waals surface area contributed by atoms with Crippen molar-refractivity contribution in [3.63, 3.8) is 0 Å². The highest BCUT2D eigenvalue weighted by Crippen LogP contribution is 2.12. The molecular weight excluding hydrogens is 270 g/mol. The van der Waals surface area contributed by atoms with Crippen molar-refractivity contribution in [3.8, 4) is 0 Å². The van der Waals surface area contributed by atoms with Crippen molar-refractivity contribution in [2.45, 2.75) is 33.3 Å². The highest BCUT2D eigenvalue weighted by molar-refractivity contribution is 5.91. The molecule has 3 heterocycles. The minimum atomic E-state index is -0.153. The first-order chi connectivity index (χ1) is 10.1. The molecule has 1 aliphatic heterocycles. The minimum absolute atomic E-state index is 0.0989. The summed E-state index contributed by atoms with van der Waals surface area (Å²) >= 11 is 0. The fraction of sp³-hybridized carbons (Fsp3) is 0.571. The van der Waals surface area contributed by atoms with Crippen LogP contribution in [0.5, 0.6) is 0 Å². The Bertz CT molecular complexity index is 681. The first kappa shape index (κ1) is 13.9. The molecule has 3 rings (SSSR count). The van der Waals surface area contributed by atoms with Gasteiger partial charge in [-0.25, -0.2) is 9.50 Å². The summed E-state index contributed by atoms with van der Waals surface area (Å²) in [7, 11) is 0. The summed E-state index contributed by atoms with van der Waals surface area (Å²) in [6, 6.07) is 1.91. The fourth-order valence-corrected chi connectivity index (χ4v) is 2.55. The fourth-order valence-electron chi connectivity index (χ4n) is 2.55. The lowest BCUT2D eigenvalue weighted by Gasteiger charge is -2.31. The van der Waals surface area contributed by atoms with Gasteiger partial charge in [0, 0.05) is 24.5 Å². The summed E-state index contributed by atoms with van der Waals surface area (Å²) in [6.07, 6.45) is 0.990. The molecule has 1 saturated heterocycles. The first-order valence-corrected chi connectivity index (χ1v) is 7.20. The van der Waals surface area contributed by atoms with Crippen molar-refractivity contribution in [3.05, 3.63) is 23.3 Å². The van der Waals surface area contributed by atoms with E-state index < -0.39 is 0 Å². The van der Waals surface area contributed by atoms with Crippen molar-refractivity contribution in [2.24, 2.45) is 0 Å². The second-order valence-electron chi connectivity index (χ2n) is 5.34. The van der Waals surface area contributed by atoms with E-state index in [0.717, 1.165) is 17.8 Å². The molecule has 7 nitrogen and oxygen atoms in total. The quantitative estimate of drug-likeness (QED) is 0.824. The highest BCUT2D eigenvalue weighted by atomic mass is 16.5. The SMILES string of the molecule is CCC1CN(C(=O)c2nc3nc(C)cc(C)n3n2)CCO1. The van der Waals surface area contributed by atoms with Crippen molar-refractivity contribution >= 4 is 11.7 Å². The lowest BCUT2D eigenvalue weighted by Crippen LogP contribution is -2.45. The predicted octanol–water partition coefficient (Wildman–Crippen LogP) is 0.992. The van der Waals surface area contributed by atoms with Crippen LogP contribution >= 0.6 is 0 Å². The van der Waals surface area contributed by atoms with Crippen molar-refractivity contribution in [1.82, 2.24) is 24.5 Å². The number of aryl methyl sites for hydroxylation is 2. The van der Waals surface area contributed by atoms with Gasteiger partial charge in [-0.2, -0.15) is 4.98 Å². The average molecular weight is 289 g/mol. The summed E-state index contributed by atoms with van der Waals surface area (Å²) in [5, 5.41) is 4.29. The molecule has 1 unspecified atom stereocenters. The van der Waals surface area contributed by atoms with Crippen LogP contribution in [0, 0.1) is 13.8 Å². The lowest BCUT2D eigenvalue weighted by atomic mass is 10.2. The van der Waals surface area contributed by atoms with Crippen LogP contribution in [0.1, 0.15) is 35.4 Å². The molecule has 21 heavy (non-hydrogen) atoms. The molecule has 112 valence electrons. The van der Waals surface area contributed by atoms with Gasteiger partial charge in [0.2, 0.25) is 5.82 Å². The van der Waals surface area contributed by atoms with E-state index in [0.29, 0.717) is 25.5 Å². The predicted molar refractivity (Wildman–Crippen MR) is 76.2 cm³/mol. The number of rotatable bonds is 2. The summed E-state index contributed by atoms with van der Waals surface area (Å²) in [5.74, 6) is 0.517. The zero-order valence-electron chi connectivity index (χ0n) is 12.5. The van der Waals surface area contributed by atoms with Gasteiger partial charge in [-0.05, 0) is 26.3 Å². The smallest absolute Gasteiger partial charge is 0.293 e. The van der Waals surface area contributed by atoms with Crippen molar-refractivity contribution in [2.75, 3.05) is 19.7 Å². The molecule has 1 aliphatic rings. The summed E-state index contributed by atoms with van der Waals surface area (Å²) in [5.41, 5.74) is 1.78. The van der Waals surface area contributed by atoms with Gasteiger partial charge in [-0.1, -0.05) is 6.92 Å². The molecule has 0 spiro atoms. The molecule has 0 aromatic carbocycles. The Labute approximate surface area is 122 Å². The van der Waals surface area contributed by atoms with Gasteiger partial charge in [-0.15, -0.1) is 5.10 Å². The lowest BCUT2D eigenvalue weighted by molar-refractivity contribution is -0.0230. The molecule has 0 saturated carbocycles. The third-order valence-corrected chi connectivity index (χ3v) is 3.69. The van der Waals surface area contributed by atoms with Crippen LogP contribution in [0.3, 0.4) is 0 Å². The van der Waals surface area contributed by atoms with Crippen LogP contribution in [0.2, 0.25) is 0 Å². The van der Waals surface area contributed by atoms with E-state index in [9.17, 15) is 4.79 Å². The van der Waals surface area contributed by atoms with Crippen molar-refractivity contribution < 1.29 is 9.53 Å². The third kappa shape index (κ3) is 2.61. The van der Waals surface area contributed by atoms with E-state index in [1.165, 1.54) is 0 Å². The maximum absolute atomic E-state index is 12.5. The van der Waals surface area contributed by atoms with Gasteiger partial charge < -0.3 is 9.64 Å². The number of ether oxygens (including phenoxy) is 1. The van der Waals surface area contributed by atoms with E-state index in [1.54, 1.807) is 9.42 Å². The largest absolute Gasteiger partial charge is 0.375 e. The molecule has 0 aliphatic carbocycles. The van der Waals surface area contributed by atoms with Gasteiger partial charge in [0.05, 0.1) is 12.7 Å². The van der Waals surface area contributed by atoms with Crippen LogP contribution in [0.4, 0.5) is 0 Å². The molecule has 1 amide bonds. The second-order valence-corrected chi connectivity index (χ2v) is 5.34. The van der Waals surface area contributed by atoms with Crippen LogP contribution in [0.25, 0.3) is 5.78 Å². The van der Waals surface area contributed by atoms with E-state index in [-0.39, 0.29) is 17.8 Å². The number of hydrogen-bond donors (Lipinski definition) is 0. The minimum Gasteiger partial charge on any atom is -0.375 e. The van der Waals surface area contributed by atoms with Crippen molar-refractivity contribution in [1.29, 1.82) is 0 Å². The van der Waals surface area contributed by atoms with E-state index in [2.05, 4.69) is 22.0 Å². The average Bonchev–Trinajstić information content (AvgIpc) is 2.90. The zero-order valence-corrected chi connectivity index (χ0v) is 12.5. The Morgan fingerprint density at radius 1 is 1.43 bits per heavy atom. The van der Waals surface area contributed by atoms with Gasteiger partial charge in [0.25, 0.3) is 11.7 Å². The number of carbonyl (C=O) groups excluding carboxylic acids is 1. The topological polar surface area (TPSA) is 72.6 Å². The monoisotopic (exact) mass is 289 g/mol. The number of fused-ring (bicyclic) bond motifs is 1. The van der Waals surface area contributed by atoms with E-state index in [4.69, 9.17) is 4.74 Å². The zero-order chi connectivity index (χ0) is 15.0. The number of carbonyl (C=O) groups is 1. The first-order valence-electron chi connectivity index (χ1n) is 7.20. The standard InChI is InChI=1S/C14H19N5O2/c1-4-11-8-18(5-6-21-11)13(20)12-16-14-15-9(2)7-10(3)19(14)17-12/h7,11H,4-6,8H2,1-3H3. The van der Waals surface area contributed by atoms with Crippen LogP contribution in [0.15, 0.2) is 6.07 Å². The van der Waals surface area contributed by atoms with E-state index >= 15 is 0 Å². The number of nitrogens with zero attached hydrogens (tertiary/aromatic N) is 5. The number of amides is 1. The molecular formula is C14H19N5O2. The number of hydrogen-bond acceptors (Lipinski definition) is 5. The van der Waals surface area contributed by atoms with Crippen LogP contribution in [-0.2, 0) is 4.74 Å². The maximum Gasteiger partial charge on any atom is 0.293 e. The molecule has 0 N–H and O–H groups in total. The Hall–Kier alpha value is -2.02. The van der Waals surface area contributed by atoms with E-state index in [1.807, 2.05) is 19.9 Å². The molecule has 2 aromatic rings. The Morgan fingerprint density at radius 3 is 3.00 bits per heavy atom. The second kappa shape index (κ2) is 5.40. The third-order valence-electron chi connectivity index (χ3n) is 3.69. The molecule has 0 radical (unpaired) electrons. The maximum atomic E-state index is 12.5. The normalized spacial score (nSPS) is 19.2. The van der Waals surface area contributed by atoms with Gasteiger partial charge in [-0.3, -0.25) is 4.79 Å². The molecule has 7 heteroatoms. The molecule has 1 atom stereocenters. The summed E-state index contributed by atoms with van der Waals surface area (Å²) < 4.78 is 7.19. The Morgan fingerprint density at radius 2 is 2.24 bits per heavy atom. The Balaban J connectivity index is 1.89. The molecule has 1 fully saturated rings. The summed E-state index contributed by atoms with van der Waals surface area (Å²) in [4.78, 5) is 22.9. The number of morpholine rings is 1. The Kier molecular flexibility index (Phi) is 3.59. The van der Waals surface area contributed by atoms with Crippen LogP contribution in [-0.4, -0.2) is 56.2 Å². The van der Waals surface area contributed by atoms with Crippen LogP contribution < -0.4 is 0 Å². The van der Waals surface area contributed by atoms with Gasteiger partial charge in [0.15, 0.2) is 0 Å². The summed E-state index contributed by atoms with van der Waals surface area (Å²) in [6.45, 7) is 7.61. The van der Waals surface area contributed by atoms with Gasteiger partial charge in [0.1, 0.15) is 0 Å². The number of aromatic nitrogens is 4. The molecule has 2 aromatic heterocycles. The van der Waals surface area contributed by atoms with Gasteiger partial charge >= 0.3 is 0 Å².